The molecule has 0 saturated carbocycles. The zero-order valence-corrected chi connectivity index (χ0v) is 12.2. The highest BCUT2D eigenvalue weighted by atomic mass is 16.1. The van der Waals surface area contributed by atoms with Crippen LogP contribution in [0.5, 0.6) is 0 Å². The van der Waals surface area contributed by atoms with Gasteiger partial charge in [0.25, 0.3) is 5.56 Å². The zero-order chi connectivity index (χ0) is 15.4. The number of nitrogens with zero attached hydrogens (tertiary/aromatic N) is 1. The van der Waals surface area contributed by atoms with Crippen molar-refractivity contribution in [2.45, 2.75) is 26.8 Å². The van der Waals surface area contributed by atoms with Crippen molar-refractivity contribution in [1.82, 2.24) is 4.57 Å². The first kappa shape index (κ1) is 14.8. The molecule has 0 aliphatic rings. The number of hydrogen-bond acceptors (Lipinski definition) is 3. The highest BCUT2D eigenvalue weighted by Crippen LogP contribution is 2.17. The van der Waals surface area contributed by atoms with Crippen LogP contribution in [0.25, 0.3) is 0 Å². The van der Waals surface area contributed by atoms with Crippen LogP contribution in [0.4, 0.5) is 11.4 Å². The molecule has 1 amide bonds. The van der Waals surface area contributed by atoms with Crippen LogP contribution >= 0.6 is 0 Å². The van der Waals surface area contributed by atoms with E-state index in [-0.39, 0.29) is 17.9 Å². The van der Waals surface area contributed by atoms with Crippen LogP contribution in [0.15, 0.2) is 41.2 Å². The maximum Gasteiger partial charge on any atom is 0.250 e. The molecule has 3 N–H and O–H groups in total. The van der Waals surface area contributed by atoms with Gasteiger partial charge in [0.2, 0.25) is 5.91 Å². The number of nitrogen functional groups attached to an aromatic ring is 1. The van der Waals surface area contributed by atoms with Crippen LogP contribution in [-0.2, 0) is 11.3 Å². The number of nitrogens with two attached hydrogens (primary N) is 1. The van der Waals surface area contributed by atoms with Gasteiger partial charge in [-0.25, -0.2) is 0 Å². The molecule has 21 heavy (non-hydrogen) atoms. The molecular formula is C16H19N3O2. The third-order valence-corrected chi connectivity index (χ3v) is 3.36. The van der Waals surface area contributed by atoms with Gasteiger partial charge in [-0.3, -0.25) is 9.59 Å². The van der Waals surface area contributed by atoms with Crippen LogP contribution in [0.2, 0.25) is 0 Å². The summed E-state index contributed by atoms with van der Waals surface area (Å²) in [5.74, 6) is -0.127. The predicted octanol–water partition coefficient (Wildman–Crippen LogP) is 2.08. The van der Waals surface area contributed by atoms with E-state index in [1.807, 2.05) is 19.9 Å². The number of nitrogens with one attached hydrogen (secondary N) is 1. The van der Waals surface area contributed by atoms with E-state index in [1.54, 1.807) is 28.8 Å². The Morgan fingerprint density at radius 2 is 2.00 bits per heavy atom. The molecule has 0 aliphatic carbocycles. The van der Waals surface area contributed by atoms with Gasteiger partial charge >= 0.3 is 0 Å². The van der Waals surface area contributed by atoms with E-state index < -0.39 is 0 Å². The van der Waals surface area contributed by atoms with Gasteiger partial charge in [0.1, 0.15) is 0 Å². The Morgan fingerprint density at radius 1 is 1.24 bits per heavy atom. The van der Waals surface area contributed by atoms with Crippen molar-refractivity contribution in [3.63, 3.8) is 0 Å². The van der Waals surface area contributed by atoms with Gasteiger partial charge in [-0.1, -0.05) is 6.07 Å². The summed E-state index contributed by atoms with van der Waals surface area (Å²) in [5, 5.41) is 2.84. The standard InChI is InChI=1S/C16H19N3O2/c1-11-10-13(17)6-7-14(11)18-15(20)8-9-19-12(2)4-3-5-16(19)21/h3-7,10H,8-9,17H2,1-2H3,(H,18,20). The third-order valence-electron chi connectivity index (χ3n) is 3.36. The second kappa shape index (κ2) is 6.26. The van der Waals surface area contributed by atoms with Gasteiger partial charge < -0.3 is 15.6 Å². The van der Waals surface area contributed by atoms with Crippen molar-refractivity contribution in [3.05, 3.63) is 58.0 Å². The van der Waals surface area contributed by atoms with Gasteiger partial charge in [0, 0.05) is 36.1 Å². The average Bonchev–Trinajstić information content (AvgIpc) is 2.41. The Bertz CT molecular complexity index is 720. The van der Waals surface area contributed by atoms with E-state index >= 15 is 0 Å². The zero-order valence-electron chi connectivity index (χ0n) is 12.2. The summed E-state index contributed by atoms with van der Waals surface area (Å²) in [6.45, 7) is 4.10. The number of anilines is 2. The highest BCUT2D eigenvalue weighted by Gasteiger charge is 2.07. The van der Waals surface area contributed by atoms with E-state index in [1.165, 1.54) is 6.07 Å². The van der Waals surface area contributed by atoms with Crippen molar-refractivity contribution in [2.75, 3.05) is 11.1 Å². The van der Waals surface area contributed by atoms with Gasteiger partial charge in [0.15, 0.2) is 0 Å². The van der Waals surface area contributed by atoms with Crippen molar-refractivity contribution >= 4 is 17.3 Å². The van der Waals surface area contributed by atoms with Crippen LogP contribution in [-0.4, -0.2) is 10.5 Å². The van der Waals surface area contributed by atoms with E-state index in [4.69, 9.17) is 5.73 Å². The molecule has 110 valence electrons. The van der Waals surface area contributed by atoms with Crippen molar-refractivity contribution in [3.8, 4) is 0 Å². The van der Waals surface area contributed by atoms with Crippen LogP contribution in [0.3, 0.4) is 0 Å². The number of amides is 1. The van der Waals surface area contributed by atoms with Crippen LogP contribution < -0.4 is 16.6 Å². The Hall–Kier alpha value is -2.56. The molecule has 0 atom stereocenters. The molecular weight excluding hydrogens is 266 g/mol. The van der Waals surface area contributed by atoms with Crippen LogP contribution in [0.1, 0.15) is 17.7 Å². The summed E-state index contributed by atoms with van der Waals surface area (Å²) in [6, 6.07) is 10.4. The number of hydrogen-bond donors (Lipinski definition) is 2. The summed E-state index contributed by atoms with van der Waals surface area (Å²) in [4.78, 5) is 23.7. The van der Waals surface area contributed by atoms with E-state index in [2.05, 4.69) is 5.32 Å². The molecule has 0 aliphatic heterocycles. The molecule has 1 aromatic carbocycles. The summed E-state index contributed by atoms with van der Waals surface area (Å²) >= 11 is 0. The van der Waals surface area contributed by atoms with Gasteiger partial charge in [-0.05, 0) is 43.7 Å². The highest BCUT2D eigenvalue weighted by molar-refractivity contribution is 5.91. The lowest BCUT2D eigenvalue weighted by Crippen LogP contribution is -2.24. The number of aryl methyl sites for hydroxylation is 2. The quantitative estimate of drug-likeness (QED) is 0.844. The molecule has 0 unspecified atom stereocenters. The minimum Gasteiger partial charge on any atom is -0.399 e. The van der Waals surface area contributed by atoms with Crippen LogP contribution in [0, 0.1) is 13.8 Å². The Labute approximate surface area is 123 Å². The molecule has 0 radical (unpaired) electrons. The summed E-state index contributed by atoms with van der Waals surface area (Å²) in [7, 11) is 0. The normalized spacial score (nSPS) is 10.4. The molecule has 2 aromatic rings. The smallest absolute Gasteiger partial charge is 0.250 e. The fourth-order valence-electron chi connectivity index (χ4n) is 2.16. The Morgan fingerprint density at radius 3 is 2.67 bits per heavy atom. The SMILES string of the molecule is Cc1cc(N)ccc1NC(=O)CCn1c(C)cccc1=O. The maximum atomic E-state index is 12.0. The topological polar surface area (TPSA) is 77.1 Å². The summed E-state index contributed by atoms with van der Waals surface area (Å²) in [5.41, 5.74) is 8.75. The molecule has 0 spiro atoms. The average molecular weight is 285 g/mol. The number of pyridine rings is 1. The van der Waals surface area contributed by atoms with Crippen molar-refractivity contribution in [2.24, 2.45) is 0 Å². The lowest BCUT2D eigenvalue weighted by molar-refractivity contribution is -0.116. The second-order valence-corrected chi connectivity index (χ2v) is 5.03. The van der Waals surface area contributed by atoms with E-state index in [0.717, 1.165) is 16.9 Å². The third kappa shape index (κ3) is 3.72. The fraction of sp³-hybridized carbons (Fsp3) is 0.250. The minimum absolute atomic E-state index is 0.0912. The van der Waals surface area contributed by atoms with Crippen molar-refractivity contribution in [1.29, 1.82) is 0 Å². The minimum atomic E-state index is -0.127. The number of carbonyl (C=O) groups excluding carboxylic acids is 1. The summed E-state index contributed by atoms with van der Waals surface area (Å²) < 4.78 is 1.59. The van der Waals surface area contributed by atoms with Gasteiger partial charge in [-0.2, -0.15) is 0 Å². The fourth-order valence-corrected chi connectivity index (χ4v) is 2.16. The molecule has 5 nitrogen and oxygen atoms in total. The molecule has 5 heteroatoms. The lowest BCUT2D eigenvalue weighted by Gasteiger charge is -2.11. The predicted molar refractivity (Wildman–Crippen MR) is 84.3 cm³/mol. The van der Waals surface area contributed by atoms with E-state index in [0.29, 0.717) is 12.2 Å². The van der Waals surface area contributed by atoms with E-state index in [9.17, 15) is 9.59 Å². The number of carbonyl (C=O) groups is 1. The van der Waals surface area contributed by atoms with Gasteiger partial charge in [0.05, 0.1) is 0 Å². The first-order chi connectivity index (χ1) is 9.97. The molecule has 1 aromatic heterocycles. The molecule has 0 saturated heterocycles. The second-order valence-electron chi connectivity index (χ2n) is 5.03. The first-order valence-electron chi connectivity index (χ1n) is 6.80. The summed E-state index contributed by atoms with van der Waals surface area (Å²) in [6.07, 6.45) is 0.245. The molecule has 1 heterocycles. The van der Waals surface area contributed by atoms with Gasteiger partial charge in [-0.15, -0.1) is 0 Å². The largest absolute Gasteiger partial charge is 0.399 e. The number of rotatable bonds is 4. The van der Waals surface area contributed by atoms with Crippen molar-refractivity contribution < 1.29 is 4.79 Å². The number of aromatic nitrogens is 1. The lowest BCUT2D eigenvalue weighted by atomic mass is 10.2. The Kier molecular flexibility index (Phi) is 4.42. The maximum absolute atomic E-state index is 12.0. The molecule has 0 fully saturated rings. The molecule has 2 rings (SSSR count). The number of benzene rings is 1. The monoisotopic (exact) mass is 285 g/mol. The molecule has 0 bridgehead atoms. The Balaban J connectivity index is 2.01. The first-order valence-corrected chi connectivity index (χ1v) is 6.80.